The largest absolute Gasteiger partial charge is 0.376 e. The predicted octanol–water partition coefficient (Wildman–Crippen LogP) is 4.05. The summed E-state index contributed by atoms with van der Waals surface area (Å²) in [5, 5.41) is 3.52. The van der Waals surface area contributed by atoms with Gasteiger partial charge in [0.05, 0.1) is 11.7 Å². The zero-order valence-corrected chi connectivity index (χ0v) is 10.1. The third-order valence-corrected chi connectivity index (χ3v) is 2.80. The minimum absolute atomic E-state index is 0.169. The zero-order valence-electron chi connectivity index (χ0n) is 9.32. The molecule has 2 nitrogen and oxygen atoms in total. The monoisotopic (exact) mass is 250 g/mol. The van der Waals surface area contributed by atoms with E-state index in [1.807, 2.05) is 13.0 Å². The Morgan fingerprint density at radius 2 is 2.00 bits per heavy atom. The van der Waals surface area contributed by atoms with Crippen LogP contribution in [-0.2, 0) is 0 Å². The topological polar surface area (TPSA) is 24.9 Å². The molecule has 0 spiro atoms. The first-order valence-electron chi connectivity index (χ1n) is 5.30. The summed E-state index contributed by atoms with van der Waals surface area (Å²) in [7, 11) is 0. The predicted molar refractivity (Wildman–Crippen MR) is 67.7 cm³/mol. The van der Waals surface area contributed by atoms with E-state index < -0.39 is 0 Å². The molecule has 0 aliphatic heterocycles. The van der Waals surface area contributed by atoms with Crippen LogP contribution < -0.4 is 5.32 Å². The fourth-order valence-corrected chi connectivity index (χ4v) is 1.80. The Balaban J connectivity index is 2.20. The Morgan fingerprint density at radius 1 is 1.24 bits per heavy atom. The van der Waals surface area contributed by atoms with Crippen LogP contribution in [0.1, 0.15) is 18.5 Å². The summed E-state index contributed by atoms with van der Waals surface area (Å²) in [6.07, 6.45) is 1.61. The lowest BCUT2D eigenvalue weighted by Gasteiger charge is -2.16. The molecule has 1 aromatic carbocycles. The average molecular weight is 251 g/mol. The highest BCUT2D eigenvalue weighted by Crippen LogP contribution is 2.25. The van der Waals surface area contributed by atoms with Crippen molar-refractivity contribution in [2.24, 2.45) is 0 Å². The maximum Gasteiger partial charge on any atom is 0.152 e. The van der Waals surface area contributed by atoms with Gasteiger partial charge < -0.3 is 5.32 Å². The molecule has 0 radical (unpaired) electrons. The Labute approximate surface area is 104 Å². The van der Waals surface area contributed by atoms with Crippen molar-refractivity contribution >= 4 is 17.3 Å². The van der Waals surface area contributed by atoms with Gasteiger partial charge in [-0.1, -0.05) is 29.8 Å². The second-order valence-corrected chi connectivity index (χ2v) is 4.09. The molecule has 2 rings (SSSR count). The minimum atomic E-state index is -0.229. The van der Waals surface area contributed by atoms with Gasteiger partial charge in [-0.2, -0.15) is 0 Å². The van der Waals surface area contributed by atoms with Gasteiger partial charge in [-0.25, -0.2) is 9.37 Å². The molecule has 1 unspecified atom stereocenters. The molecular weight excluding hydrogens is 239 g/mol. The first-order valence-corrected chi connectivity index (χ1v) is 5.68. The summed E-state index contributed by atoms with van der Waals surface area (Å²) < 4.78 is 13.6. The average Bonchev–Trinajstić information content (AvgIpc) is 2.32. The van der Waals surface area contributed by atoms with Gasteiger partial charge >= 0.3 is 0 Å². The molecule has 1 heterocycles. The van der Waals surface area contributed by atoms with Crippen LogP contribution in [0.15, 0.2) is 42.6 Å². The van der Waals surface area contributed by atoms with Gasteiger partial charge in [-0.05, 0) is 25.1 Å². The molecule has 1 atom stereocenters. The van der Waals surface area contributed by atoms with Crippen LogP contribution in [0.2, 0.25) is 5.15 Å². The molecule has 2 aromatic rings. The maximum atomic E-state index is 13.6. The Hall–Kier alpha value is -1.61. The summed E-state index contributed by atoms with van der Waals surface area (Å²) in [6.45, 7) is 1.88. The fourth-order valence-electron chi connectivity index (χ4n) is 1.63. The maximum absolute atomic E-state index is 13.6. The van der Waals surface area contributed by atoms with Gasteiger partial charge in [0.2, 0.25) is 0 Å². The second kappa shape index (κ2) is 5.15. The number of anilines is 1. The summed E-state index contributed by atoms with van der Waals surface area (Å²) in [5.41, 5.74) is 1.30. The number of aromatic nitrogens is 1. The number of benzene rings is 1. The second-order valence-electron chi connectivity index (χ2n) is 3.73. The van der Waals surface area contributed by atoms with Gasteiger partial charge in [0.15, 0.2) is 5.15 Å². The summed E-state index contributed by atoms with van der Waals surface area (Å²) in [5.74, 6) is -0.229. The molecule has 0 bridgehead atoms. The van der Waals surface area contributed by atoms with Crippen LogP contribution in [0.4, 0.5) is 10.1 Å². The lowest BCUT2D eigenvalue weighted by atomic mass is 10.1. The van der Waals surface area contributed by atoms with Gasteiger partial charge in [0, 0.05) is 11.8 Å². The van der Waals surface area contributed by atoms with Crippen molar-refractivity contribution in [2.45, 2.75) is 13.0 Å². The van der Waals surface area contributed by atoms with Crippen molar-refractivity contribution in [3.8, 4) is 0 Å². The van der Waals surface area contributed by atoms with Crippen molar-refractivity contribution in [3.63, 3.8) is 0 Å². The molecule has 1 aromatic heterocycles. The number of hydrogen-bond donors (Lipinski definition) is 1. The Morgan fingerprint density at radius 3 is 2.71 bits per heavy atom. The summed E-state index contributed by atoms with van der Waals surface area (Å²) in [4.78, 5) is 3.96. The number of nitrogens with one attached hydrogen (secondary N) is 1. The molecule has 88 valence electrons. The zero-order chi connectivity index (χ0) is 12.3. The van der Waals surface area contributed by atoms with Crippen LogP contribution in [0.25, 0.3) is 0 Å². The van der Waals surface area contributed by atoms with E-state index in [0.717, 1.165) is 0 Å². The smallest absolute Gasteiger partial charge is 0.152 e. The van der Waals surface area contributed by atoms with E-state index in [9.17, 15) is 4.39 Å². The van der Waals surface area contributed by atoms with E-state index in [-0.39, 0.29) is 11.9 Å². The van der Waals surface area contributed by atoms with Crippen molar-refractivity contribution < 1.29 is 4.39 Å². The normalized spacial score (nSPS) is 12.2. The van der Waals surface area contributed by atoms with Crippen LogP contribution in [0, 0.1) is 5.82 Å². The highest BCUT2D eigenvalue weighted by Gasteiger charge is 2.11. The molecule has 17 heavy (non-hydrogen) atoms. The Bertz CT molecular complexity index is 516. The fraction of sp³-hybridized carbons (Fsp3) is 0.154. The van der Waals surface area contributed by atoms with Crippen LogP contribution in [-0.4, -0.2) is 4.98 Å². The number of rotatable bonds is 3. The third-order valence-electron chi connectivity index (χ3n) is 2.50. The number of halogens is 2. The molecule has 0 saturated heterocycles. The summed E-state index contributed by atoms with van der Waals surface area (Å²) in [6, 6.07) is 10.1. The first-order chi connectivity index (χ1) is 8.18. The minimum Gasteiger partial charge on any atom is -0.376 e. The SMILES string of the molecule is CC(Nc1cccnc1Cl)c1ccccc1F. The van der Waals surface area contributed by atoms with Gasteiger partial charge in [-0.3, -0.25) is 0 Å². The number of hydrogen-bond acceptors (Lipinski definition) is 2. The molecule has 0 aliphatic carbocycles. The van der Waals surface area contributed by atoms with Crippen LogP contribution >= 0.6 is 11.6 Å². The molecule has 1 N–H and O–H groups in total. The van der Waals surface area contributed by atoms with E-state index in [1.54, 1.807) is 30.5 Å². The van der Waals surface area contributed by atoms with E-state index in [0.29, 0.717) is 16.4 Å². The van der Waals surface area contributed by atoms with E-state index >= 15 is 0 Å². The standard InChI is InChI=1S/C13H12ClFN2/c1-9(10-5-2-3-6-11(10)15)17-12-7-4-8-16-13(12)14/h2-9,17H,1H3. The quantitative estimate of drug-likeness (QED) is 0.832. The third kappa shape index (κ3) is 2.74. The molecule has 4 heteroatoms. The van der Waals surface area contributed by atoms with Crippen molar-refractivity contribution in [1.29, 1.82) is 0 Å². The van der Waals surface area contributed by atoms with Crippen LogP contribution in [0.3, 0.4) is 0 Å². The number of pyridine rings is 1. The van der Waals surface area contributed by atoms with E-state index in [2.05, 4.69) is 10.3 Å². The van der Waals surface area contributed by atoms with Gasteiger partial charge in [0.25, 0.3) is 0 Å². The van der Waals surface area contributed by atoms with Gasteiger partial charge in [-0.15, -0.1) is 0 Å². The lowest BCUT2D eigenvalue weighted by molar-refractivity contribution is 0.600. The molecule has 0 fully saturated rings. The Kier molecular flexibility index (Phi) is 3.59. The highest BCUT2D eigenvalue weighted by atomic mass is 35.5. The number of nitrogens with zero attached hydrogens (tertiary/aromatic N) is 1. The lowest BCUT2D eigenvalue weighted by Crippen LogP contribution is -2.09. The molecule has 0 amide bonds. The highest BCUT2D eigenvalue weighted by molar-refractivity contribution is 6.31. The van der Waals surface area contributed by atoms with Gasteiger partial charge in [0.1, 0.15) is 5.82 Å². The summed E-state index contributed by atoms with van der Waals surface area (Å²) >= 11 is 5.93. The van der Waals surface area contributed by atoms with Crippen molar-refractivity contribution in [2.75, 3.05) is 5.32 Å². The van der Waals surface area contributed by atoms with E-state index in [4.69, 9.17) is 11.6 Å². The molecule has 0 aliphatic rings. The van der Waals surface area contributed by atoms with Crippen molar-refractivity contribution in [1.82, 2.24) is 4.98 Å². The molecule has 0 saturated carbocycles. The van der Waals surface area contributed by atoms with Crippen molar-refractivity contribution in [3.05, 3.63) is 59.1 Å². The van der Waals surface area contributed by atoms with Crippen LogP contribution in [0.5, 0.6) is 0 Å². The first kappa shape index (κ1) is 11.9. The van der Waals surface area contributed by atoms with E-state index in [1.165, 1.54) is 6.07 Å². The molecular formula is C13H12ClFN2.